The van der Waals surface area contributed by atoms with Gasteiger partial charge in [0.05, 0.1) is 11.4 Å². The highest BCUT2D eigenvalue weighted by atomic mass is 16.4. The Balaban J connectivity index is 1.92. The SMILES string of the molecule is Cc1cccc2ccc(N3CCC(C(=O)O)C(C)(C)C3)nc12. The number of carbonyl (C=O) groups is 1. The van der Waals surface area contributed by atoms with E-state index in [-0.39, 0.29) is 11.3 Å². The Morgan fingerprint density at radius 2 is 2.09 bits per heavy atom. The molecule has 0 aliphatic carbocycles. The molecule has 1 aliphatic rings. The number of aryl methyl sites for hydroxylation is 1. The molecule has 3 rings (SSSR count). The molecule has 1 fully saturated rings. The molecule has 1 unspecified atom stereocenters. The Bertz CT molecular complexity index is 724. The summed E-state index contributed by atoms with van der Waals surface area (Å²) in [4.78, 5) is 18.4. The average molecular weight is 298 g/mol. The van der Waals surface area contributed by atoms with E-state index in [1.54, 1.807) is 0 Å². The summed E-state index contributed by atoms with van der Waals surface area (Å²) >= 11 is 0. The topological polar surface area (TPSA) is 53.4 Å². The number of fused-ring (bicyclic) bond motifs is 1. The molecule has 1 aromatic carbocycles. The van der Waals surface area contributed by atoms with Gasteiger partial charge in [-0.15, -0.1) is 0 Å². The van der Waals surface area contributed by atoms with E-state index in [2.05, 4.69) is 30.0 Å². The highest BCUT2D eigenvalue weighted by Crippen LogP contribution is 2.37. The van der Waals surface area contributed by atoms with Crippen LogP contribution in [0.15, 0.2) is 30.3 Å². The summed E-state index contributed by atoms with van der Waals surface area (Å²) in [5, 5.41) is 10.5. The van der Waals surface area contributed by atoms with Gasteiger partial charge in [0.2, 0.25) is 0 Å². The number of carboxylic acids is 1. The minimum atomic E-state index is -0.688. The van der Waals surface area contributed by atoms with Crippen LogP contribution in [-0.2, 0) is 4.79 Å². The van der Waals surface area contributed by atoms with Crippen molar-refractivity contribution in [1.29, 1.82) is 0 Å². The molecule has 1 aromatic heterocycles. The molecule has 116 valence electrons. The molecule has 4 nitrogen and oxygen atoms in total. The van der Waals surface area contributed by atoms with E-state index < -0.39 is 5.97 Å². The number of rotatable bonds is 2. The Morgan fingerprint density at radius 1 is 1.32 bits per heavy atom. The highest BCUT2D eigenvalue weighted by molar-refractivity contribution is 5.83. The number of anilines is 1. The van der Waals surface area contributed by atoms with E-state index in [4.69, 9.17) is 4.98 Å². The average Bonchev–Trinajstić information content (AvgIpc) is 2.46. The molecule has 0 bridgehead atoms. The van der Waals surface area contributed by atoms with E-state index in [0.717, 1.165) is 23.3 Å². The van der Waals surface area contributed by atoms with Crippen LogP contribution in [0.3, 0.4) is 0 Å². The van der Waals surface area contributed by atoms with Crippen molar-refractivity contribution in [1.82, 2.24) is 4.98 Å². The molecule has 1 aliphatic heterocycles. The van der Waals surface area contributed by atoms with Crippen LogP contribution >= 0.6 is 0 Å². The third-order valence-corrected chi connectivity index (χ3v) is 4.76. The lowest BCUT2D eigenvalue weighted by molar-refractivity contribution is -0.146. The van der Waals surface area contributed by atoms with Crippen molar-refractivity contribution in [3.05, 3.63) is 35.9 Å². The zero-order valence-corrected chi connectivity index (χ0v) is 13.3. The number of hydrogen-bond donors (Lipinski definition) is 1. The molecule has 0 saturated carbocycles. The molecular weight excluding hydrogens is 276 g/mol. The zero-order chi connectivity index (χ0) is 15.9. The molecule has 1 N–H and O–H groups in total. The number of para-hydroxylation sites is 1. The van der Waals surface area contributed by atoms with Crippen molar-refractivity contribution in [2.75, 3.05) is 18.0 Å². The summed E-state index contributed by atoms with van der Waals surface area (Å²) < 4.78 is 0. The molecular formula is C18H22N2O2. The number of aromatic nitrogens is 1. The van der Waals surface area contributed by atoms with Gasteiger partial charge in [-0.1, -0.05) is 32.0 Å². The standard InChI is InChI=1S/C18H22N2O2/c1-12-5-4-6-13-7-8-15(19-16(12)13)20-10-9-14(17(21)22)18(2,3)11-20/h4-8,14H,9-11H2,1-3H3,(H,21,22). The van der Waals surface area contributed by atoms with Crippen LogP contribution in [0, 0.1) is 18.3 Å². The molecule has 2 heterocycles. The fraction of sp³-hybridized carbons (Fsp3) is 0.444. The molecule has 22 heavy (non-hydrogen) atoms. The molecule has 0 spiro atoms. The highest BCUT2D eigenvalue weighted by Gasteiger charge is 2.40. The van der Waals surface area contributed by atoms with Crippen LogP contribution in [0.2, 0.25) is 0 Å². The van der Waals surface area contributed by atoms with Gasteiger partial charge in [-0.25, -0.2) is 4.98 Å². The lowest BCUT2D eigenvalue weighted by Gasteiger charge is -2.42. The second-order valence-corrected chi connectivity index (χ2v) is 6.91. The quantitative estimate of drug-likeness (QED) is 0.922. The first-order valence-electron chi connectivity index (χ1n) is 7.72. The predicted octanol–water partition coefficient (Wildman–Crippen LogP) is 3.48. The number of hydrogen-bond acceptors (Lipinski definition) is 3. The van der Waals surface area contributed by atoms with E-state index in [1.165, 1.54) is 5.56 Å². The smallest absolute Gasteiger partial charge is 0.307 e. The first-order chi connectivity index (χ1) is 10.4. The van der Waals surface area contributed by atoms with E-state index in [1.807, 2.05) is 26.0 Å². The van der Waals surface area contributed by atoms with E-state index in [9.17, 15) is 9.90 Å². The minimum absolute atomic E-state index is 0.257. The van der Waals surface area contributed by atoms with Crippen LogP contribution in [0.1, 0.15) is 25.8 Å². The molecule has 4 heteroatoms. The Morgan fingerprint density at radius 3 is 2.77 bits per heavy atom. The summed E-state index contributed by atoms with van der Waals surface area (Å²) in [5.74, 6) is -0.0309. The van der Waals surface area contributed by atoms with Gasteiger partial charge < -0.3 is 10.0 Å². The lowest BCUT2D eigenvalue weighted by atomic mass is 9.74. The van der Waals surface area contributed by atoms with Crippen LogP contribution in [0.4, 0.5) is 5.82 Å². The first-order valence-corrected chi connectivity index (χ1v) is 7.72. The molecule has 1 saturated heterocycles. The van der Waals surface area contributed by atoms with Gasteiger partial charge in [0.25, 0.3) is 0 Å². The summed E-state index contributed by atoms with van der Waals surface area (Å²) in [6, 6.07) is 10.3. The van der Waals surface area contributed by atoms with Crippen LogP contribution < -0.4 is 4.90 Å². The number of benzene rings is 1. The van der Waals surface area contributed by atoms with Crippen molar-refractivity contribution < 1.29 is 9.90 Å². The van der Waals surface area contributed by atoms with Gasteiger partial charge in [0.1, 0.15) is 5.82 Å². The van der Waals surface area contributed by atoms with Gasteiger partial charge in [-0.3, -0.25) is 4.79 Å². The largest absolute Gasteiger partial charge is 0.481 e. The Kier molecular flexibility index (Phi) is 3.55. The summed E-state index contributed by atoms with van der Waals surface area (Å²) in [6.07, 6.45) is 0.663. The Labute approximate surface area is 130 Å². The van der Waals surface area contributed by atoms with Gasteiger partial charge in [-0.2, -0.15) is 0 Å². The van der Waals surface area contributed by atoms with E-state index in [0.29, 0.717) is 13.0 Å². The molecule has 2 aromatic rings. The maximum Gasteiger partial charge on any atom is 0.307 e. The number of nitrogens with zero attached hydrogens (tertiary/aromatic N) is 2. The molecule has 0 amide bonds. The summed E-state index contributed by atoms with van der Waals surface area (Å²) in [6.45, 7) is 7.59. The van der Waals surface area contributed by atoms with E-state index >= 15 is 0 Å². The maximum absolute atomic E-state index is 11.4. The van der Waals surface area contributed by atoms with Crippen LogP contribution in [0.5, 0.6) is 0 Å². The lowest BCUT2D eigenvalue weighted by Crippen LogP contribution is -2.48. The number of aliphatic carboxylic acids is 1. The fourth-order valence-electron chi connectivity index (χ4n) is 3.47. The normalized spacial score (nSPS) is 21.0. The van der Waals surface area contributed by atoms with Crippen molar-refractivity contribution in [3.8, 4) is 0 Å². The maximum atomic E-state index is 11.4. The third-order valence-electron chi connectivity index (χ3n) is 4.76. The van der Waals surface area contributed by atoms with Crippen LogP contribution in [-0.4, -0.2) is 29.1 Å². The number of piperidine rings is 1. The first kappa shape index (κ1) is 14.8. The van der Waals surface area contributed by atoms with Gasteiger partial charge in [0.15, 0.2) is 0 Å². The molecule has 1 atom stereocenters. The fourth-order valence-corrected chi connectivity index (χ4v) is 3.47. The zero-order valence-electron chi connectivity index (χ0n) is 13.3. The number of pyridine rings is 1. The Hall–Kier alpha value is -2.10. The van der Waals surface area contributed by atoms with Gasteiger partial charge >= 0.3 is 5.97 Å². The van der Waals surface area contributed by atoms with Crippen molar-refractivity contribution in [3.63, 3.8) is 0 Å². The van der Waals surface area contributed by atoms with Crippen molar-refractivity contribution >= 4 is 22.7 Å². The minimum Gasteiger partial charge on any atom is -0.481 e. The van der Waals surface area contributed by atoms with Gasteiger partial charge in [-0.05, 0) is 36.5 Å². The second kappa shape index (κ2) is 5.27. The van der Waals surface area contributed by atoms with Gasteiger partial charge in [0, 0.05) is 18.5 Å². The summed E-state index contributed by atoms with van der Waals surface area (Å²) in [5.41, 5.74) is 1.93. The van der Waals surface area contributed by atoms with Crippen LogP contribution in [0.25, 0.3) is 10.9 Å². The third kappa shape index (κ3) is 2.54. The predicted molar refractivity (Wildman–Crippen MR) is 88.2 cm³/mol. The monoisotopic (exact) mass is 298 g/mol. The van der Waals surface area contributed by atoms with Crippen molar-refractivity contribution in [2.24, 2.45) is 11.3 Å². The second-order valence-electron chi connectivity index (χ2n) is 6.91. The number of carboxylic acid groups (broad SMARTS) is 1. The summed E-state index contributed by atoms with van der Waals surface area (Å²) in [7, 11) is 0. The molecule has 0 radical (unpaired) electrons. The van der Waals surface area contributed by atoms with Crippen molar-refractivity contribution in [2.45, 2.75) is 27.2 Å².